The number of nitrogens with zero attached hydrogens (tertiary/aromatic N) is 1. The van der Waals surface area contributed by atoms with Crippen molar-refractivity contribution in [2.75, 3.05) is 0 Å². The molecule has 0 saturated heterocycles. The van der Waals surface area contributed by atoms with Gasteiger partial charge in [0.05, 0.1) is 10.9 Å². The fraction of sp³-hybridized carbons (Fsp3) is 0. The quantitative estimate of drug-likeness (QED) is 0.413. The van der Waals surface area contributed by atoms with Crippen molar-refractivity contribution < 1.29 is 17.6 Å². The van der Waals surface area contributed by atoms with Crippen LogP contribution in [0.15, 0.2) is 10.9 Å². The first-order valence-corrected chi connectivity index (χ1v) is 3.73. The van der Waals surface area contributed by atoms with Crippen LogP contribution in [0.1, 0.15) is 0 Å². The highest BCUT2D eigenvalue weighted by Crippen LogP contribution is 2.21. The Morgan fingerprint density at radius 2 is 1.80 bits per heavy atom. The molecule has 2 aromatic rings. The van der Waals surface area contributed by atoms with E-state index in [9.17, 15) is 22.4 Å². The standard InChI is InChI=1S/C8H2F4N2O/c9-2-1-3-4(6(11)5(2)10)7(12)14-8(15)13-3/h1H,(H,13,14,15). The molecule has 1 heterocycles. The molecule has 0 radical (unpaired) electrons. The molecule has 1 aromatic heterocycles. The van der Waals surface area contributed by atoms with Gasteiger partial charge >= 0.3 is 5.69 Å². The number of aromatic nitrogens is 2. The number of fused-ring (bicyclic) bond motifs is 1. The molecule has 0 aliphatic rings. The fourth-order valence-corrected chi connectivity index (χ4v) is 1.17. The Kier molecular flexibility index (Phi) is 1.95. The minimum Gasteiger partial charge on any atom is -0.281 e. The van der Waals surface area contributed by atoms with E-state index in [0.29, 0.717) is 6.07 Å². The molecule has 0 saturated carbocycles. The second kappa shape index (κ2) is 3.04. The molecule has 0 atom stereocenters. The van der Waals surface area contributed by atoms with Crippen LogP contribution in [-0.4, -0.2) is 9.97 Å². The highest BCUT2D eigenvalue weighted by atomic mass is 19.2. The van der Waals surface area contributed by atoms with Crippen LogP contribution in [0.4, 0.5) is 17.6 Å². The molecule has 3 nitrogen and oxygen atoms in total. The van der Waals surface area contributed by atoms with Gasteiger partial charge in [-0.1, -0.05) is 0 Å². The molecule has 0 aliphatic heterocycles. The van der Waals surface area contributed by atoms with Gasteiger partial charge in [-0.05, 0) is 0 Å². The lowest BCUT2D eigenvalue weighted by Gasteiger charge is -2.01. The van der Waals surface area contributed by atoms with E-state index < -0.39 is 40.0 Å². The highest BCUT2D eigenvalue weighted by molar-refractivity contribution is 5.78. The molecule has 2 rings (SSSR count). The number of hydrogen-bond acceptors (Lipinski definition) is 2. The Balaban J connectivity index is 3.05. The summed E-state index contributed by atoms with van der Waals surface area (Å²) in [4.78, 5) is 15.3. The molecule has 78 valence electrons. The average Bonchev–Trinajstić information content (AvgIpc) is 2.13. The zero-order valence-electron chi connectivity index (χ0n) is 6.94. The lowest BCUT2D eigenvalue weighted by atomic mass is 10.2. The van der Waals surface area contributed by atoms with E-state index in [2.05, 4.69) is 4.98 Å². The van der Waals surface area contributed by atoms with Crippen molar-refractivity contribution in [1.29, 1.82) is 0 Å². The van der Waals surface area contributed by atoms with E-state index in [-0.39, 0.29) is 0 Å². The summed E-state index contributed by atoms with van der Waals surface area (Å²) in [6, 6.07) is 0.450. The Morgan fingerprint density at radius 3 is 2.47 bits per heavy atom. The van der Waals surface area contributed by atoms with Crippen LogP contribution in [0.3, 0.4) is 0 Å². The summed E-state index contributed by atoms with van der Waals surface area (Å²) in [5, 5.41) is -0.881. The van der Waals surface area contributed by atoms with Crippen LogP contribution >= 0.6 is 0 Å². The van der Waals surface area contributed by atoms with Crippen molar-refractivity contribution >= 4 is 10.9 Å². The zero-order valence-corrected chi connectivity index (χ0v) is 6.94. The van der Waals surface area contributed by atoms with Gasteiger partial charge in [-0.15, -0.1) is 0 Å². The van der Waals surface area contributed by atoms with Crippen LogP contribution in [0.2, 0.25) is 0 Å². The van der Waals surface area contributed by atoms with Crippen molar-refractivity contribution in [3.63, 3.8) is 0 Å². The van der Waals surface area contributed by atoms with E-state index in [1.165, 1.54) is 4.98 Å². The minimum absolute atomic E-state index is 0.450. The molecule has 0 unspecified atom stereocenters. The molecule has 1 aromatic carbocycles. The number of H-pyrrole nitrogens is 1. The zero-order chi connectivity index (χ0) is 11.2. The molecule has 0 amide bonds. The highest BCUT2D eigenvalue weighted by Gasteiger charge is 2.18. The molecular formula is C8H2F4N2O. The van der Waals surface area contributed by atoms with Crippen molar-refractivity contribution in [3.8, 4) is 0 Å². The molecule has 1 N–H and O–H groups in total. The van der Waals surface area contributed by atoms with Crippen LogP contribution in [0.5, 0.6) is 0 Å². The summed E-state index contributed by atoms with van der Waals surface area (Å²) in [6.45, 7) is 0. The summed E-state index contributed by atoms with van der Waals surface area (Å²) in [5.74, 6) is -6.44. The van der Waals surface area contributed by atoms with E-state index >= 15 is 0 Å². The van der Waals surface area contributed by atoms with Gasteiger partial charge in [0.25, 0.3) is 0 Å². The maximum atomic E-state index is 13.0. The van der Waals surface area contributed by atoms with Crippen molar-refractivity contribution in [1.82, 2.24) is 9.97 Å². The fourth-order valence-electron chi connectivity index (χ4n) is 1.17. The van der Waals surface area contributed by atoms with E-state index in [1.54, 1.807) is 0 Å². The van der Waals surface area contributed by atoms with Crippen molar-refractivity contribution in [2.24, 2.45) is 0 Å². The third-order valence-electron chi connectivity index (χ3n) is 1.80. The van der Waals surface area contributed by atoms with Crippen LogP contribution in [0.25, 0.3) is 10.9 Å². The summed E-state index contributed by atoms with van der Waals surface area (Å²) in [7, 11) is 0. The Hall–Kier alpha value is -1.92. The van der Waals surface area contributed by atoms with Crippen molar-refractivity contribution in [3.05, 3.63) is 40.0 Å². The third-order valence-corrected chi connectivity index (χ3v) is 1.80. The van der Waals surface area contributed by atoms with Crippen molar-refractivity contribution in [2.45, 2.75) is 0 Å². The Bertz CT molecular complexity index is 608. The number of halogens is 4. The number of hydrogen-bond donors (Lipinski definition) is 1. The predicted octanol–water partition coefficient (Wildman–Crippen LogP) is 1.48. The molecule has 0 spiro atoms. The largest absolute Gasteiger partial charge is 0.347 e. The summed E-state index contributed by atoms with van der Waals surface area (Å²) < 4.78 is 51.4. The molecule has 0 aliphatic carbocycles. The van der Waals surface area contributed by atoms with Gasteiger partial charge in [0.15, 0.2) is 17.5 Å². The van der Waals surface area contributed by atoms with Gasteiger partial charge < -0.3 is 0 Å². The van der Waals surface area contributed by atoms with E-state index in [1.807, 2.05) is 0 Å². The monoisotopic (exact) mass is 218 g/mol. The average molecular weight is 218 g/mol. The summed E-state index contributed by atoms with van der Waals surface area (Å²) in [6.07, 6.45) is 0. The SMILES string of the molecule is O=c1nc2cc(F)c(F)c(F)c2c(F)[nH]1. The first-order valence-electron chi connectivity index (χ1n) is 3.73. The summed E-state index contributed by atoms with van der Waals surface area (Å²) >= 11 is 0. The molecule has 0 fully saturated rings. The first kappa shape index (κ1) is 9.63. The van der Waals surface area contributed by atoms with Gasteiger partial charge in [0.1, 0.15) is 0 Å². The van der Waals surface area contributed by atoms with Gasteiger partial charge in [-0.25, -0.2) is 18.0 Å². The van der Waals surface area contributed by atoms with Gasteiger partial charge in [0.2, 0.25) is 5.95 Å². The topological polar surface area (TPSA) is 45.8 Å². The number of nitrogens with one attached hydrogen (secondary N) is 1. The predicted molar refractivity (Wildman–Crippen MR) is 42.2 cm³/mol. The van der Waals surface area contributed by atoms with E-state index in [4.69, 9.17) is 0 Å². The number of rotatable bonds is 0. The van der Waals surface area contributed by atoms with Crippen LogP contribution in [0, 0.1) is 23.4 Å². The van der Waals surface area contributed by atoms with Crippen LogP contribution < -0.4 is 5.69 Å². The normalized spacial score (nSPS) is 10.9. The number of aromatic amines is 1. The third kappa shape index (κ3) is 1.36. The molecule has 7 heteroatoms. The van der Waals surface area contributed by atoms with Crippen LogP contribution in [-0.2, 0) is 0 Å². The summed E-state index contributed by atoms with van der Waals surface area (Å²) in [5.41, 5.74) is -1.68. The molecule has 0 bridgehead atoms. The Labute approximate surface area is 79.4 Å². The molecule has 15 heavy (non-hydrogen) atoms. The first-order chi connectivity index (χ1) is 7.00. The minimum atomic E-state index is -1.81. The van der Waals surface area contributed by atoms with Gasteiger partial charge in [-0.3, -0.25) is 4.98 Å². The lowest BCUT2D eigenvalue weighted by molar-refractivity contribution is 0.449. The number of benzene rings is 1. The molecular weight excluding hydrogens is 216 g/mol. The van der Waals surface area contributed by atoms with Gasteiger partial charge in [-0.2, -0.15) is 9.37 Å². The lowest BCUT2D eigenvalue weighted by Crippen LogP contribution is -2.13. The second-order valence-corrected chi connectivity index (χ2v) is 2.74. The Morgan fingerprint density at radius 1 is 1.13 bits per heavy atom. The smallest absolute Gasteiger partial charge is 0.281 e. The maximum absolute atomic E-state index is 13.0. The van der Waals surface area contributed by atoms with Gasteiger partial charge in [0, 0.05) is 6.07 Å². The second-order valence-electron chi connectivity index (χ2n) is 2.74. The maximum Gasteiger partial charge on any atom is 0.347 e. The van der Waals surface area contributed by atoms with E-state index in [0.717, 1.165) is 0 Å².